The average Bonchev–Trinajstić information content (AvgIpc) is 2.38. The number of H-pyrrole nitrogens is 1. The normalized spacial score (nSPS) is 10.2. The molecule has 2 rings (SSSR count). The van der Waals surface area contributed by atoms with Gasteiger partial charge < -0.3 is 4.98 Å². The highest BCUT2D eigenvalue weighted by atomic mass is 32.2. The molecule has 1 N–H and O–H groups in total. The minimum atomic E-state index is -0.579. The van der Waals surface area contributed by atoms with Gasteiger partial charge in [0.1, 0.15) is 17.4 Å². The molecule has 1 aromatic carbocycles. The van der Waals surface area contributed by atoms with Crippen molar-refractivity contribution in [3.05, 3.63) is 51.7 Å². The van der Waals surface area contributed by atoms with Crippen LogP contribution in [0.2, 0.25) is 0 Å². The summed E-state index contributed by atoms with van der Waals surface area (Å²) in [5, 5.41) is 9.34. The molecule has 0 saturated heterocycles. The summed E-state index contributed by atoms with van der Waals surface area (Å²) in [6.45, 7) is 2.00. The van der Waals surface area contributed by atoms with Crippen LogP contribution in [0.25, 0.3) is 0 Å². The van der Waals surface area contributed by atoms with Gasteiger partial charge in [-0.2, -0.15) is 5.26 Å². The SMILES string of the molecule is CCCc1cc(=O)[nH]c(Sc2cccc(F)c2C#N)n1. The van der Waals surface area contributed by atoms with Gasteiger partial charge >= 0.3 is 0 Å². The Morgan fingerprint density at radius 3 is 3.00 bits per heavy atom. The first-order chi connectivity index (χ1) is 9.63. The van der Waals surface area contributed by atoms with Crippen LogP contribution < -0.4 is 5.56 Å². The van der Waals surface area contributed by atoms with E-state index in [1.54, 1.807) is 6.07 Å². The van der Waals surface area contributed by atoms with Crippen molar-refractivity contribution in [1.29, 1.82) is 5.26 Å². The van der Waals surface area contributed by atoms with Crippen molar-refractivity contribution >= 4 is 11.8 Å². The van der Waals surface area contributed by atoms with Crippen LogP contribution in [0, 0.1) is 17.1 Å². The van der Waals surface area contributed by atoms with Gasteiger partial charge in [-0.25, -0.2) is 9.37 Å². The van der Waals surface area contributed by atoms with Crippen molar-refractivity contribution in [2.24, 2.45) is 0 Å². The molecule has 0 bridgehead atoms. The molecule has 102 valence electrons. The van der Waals surface area contributed by atoms with Gasteiger partial charge in [-0.3, -0.25) is 4.79 Å². The second-order valence-electron chi connectivity index (χ2n) is 4.12. The van der Waals surface area contributed by atoms with Crippen LogP contribution in [0.15, 0.2) is 39.1 Å². The van der Waals surface area contributed by atoms with Gasteiger partial charge in [0.25, 0.3) is 5.56 Å². The summed E-state index contributed by atoms with van der Waals surface area (Å²) in [5.41, 5.74) is 0.399. The maximum absolute atomic E-state index is 13.5. The Labute approximate surface area is 119 Å². The minimum Gasteiger partial charge on any atom is -0.301 e. The van der Waals surface area contributed by atoms with Crippen LogP contribution >= 0.6 is 11.8 Å². The number of benzene rings is 1. The Kier molecular flexibility index (Phi) is 4.53. The number of nitrogens with one attached hydrogen (secondary N) is 1. The Morgan fingerprint density at radius 1 is 1.50 bits per heavy atom. The topological polar surface area (TPSA) is 69.5 Å². The molecule has 0 aliphatic rings. The monoisotopic (exact) mass is 289 g/mol. The summed E-state index contributed by atoms with van der Waals surface area (Å²) < 4.78 is 13.5. The molecule has 0 saturated carbocycles. The quantitative estimate of drug-likeness (QED) is 0.879. The van der Waals surface area contributed by atoms with Crippen LogP contribution in [0.1, 0.15) is 24.6 Å². The van der Waals surface area contributed by atoms with E-state index in [9.17, 15) is 9.18 Å². The maximum atomic E-state index is 13.5. The molecule has 1 aromatic heterocycles. The molecule has 0 radical (unpaired) electrons. The summed E-state index contributed by atoms with van der Waals surface area (Å²) in [7, 11) is 0. The molecule has 0 fully saturated rings. The molecule has 6 heteroatoms. The van der Waals surface area contributed by atoms with Gasteiger partial charge in [0.15, 0.2) is 5.16 Å². The first-order valence-corrected chi connectivity index (χ1v) is 6.92. The zero-order valence-corrected chi connectivity index (χ0v) is 11.6. The Morgan fingerprint density at radius 2 is 2.30 bits per heavy atom. The van der Waals surface area contributed by atoms with E-state index in [0.29, 0.717) is 22.2 Å². The second kappa shape index (κ2) is 6.35. The number of nitriles is 1. The van der Waals surface area contributed by atoms with Gasteiger partial charge in [-0.05, 0) is 18.6 Å². The van der Waals surface area contributed by atoms with Gasteiger partial charge in [0.05, 0.1) is 0 Å². The van der Waals surface area contributed by atoms with E-state index >= 15 is 0 Å². The maximum Gasteiger partial charge on any atom is 0.251 e. The van der Waals surface area contributed by atoms with E-state index in [4.69, 9.17) is 5.26 Å². The third-order valence-electron chi connectivity index (χ3n) is 2.57. The molecular weight excluding hydrogens is 277 g/mol. The Bertz CT molecular complexity index is 721. The predicted octanol–water partition coefficient (Wildman–Crippen LogP) is 2.88. The number of halogens is 1. The number of aromatic nitrogens is 2. The summed E-state index contributed by atoms with van der Waals surface area (Å²) in [4.78, 5) is 18.9. The number of aryl methyl sites for hydroxylation is 1. The van der Waals surface area contributed by atoms with Gasteiger partial charge in [0, 0.05) is 16.7 Å². The largest absolute Gasteiger partial charge is 0.301 e. The van der Waals surface area contributed by atoms with E-state index in [0.717, 1.165) is 18.2 Å². The zero-order chi connectivity index (χ0) is 14.5. The highest BCUT2D eigenvalue weighted by Gasteiger charge is 2.11. The lowest BCUT2D eigenvalue weighted by atomic mass is 10.2. The number of hydrogen-bond acceptors (Lipinski definition) is 4. The van der Waals surface area contributed by atoms with Gasteiger partial charge in [-0.1, -0.05) is 31.2 Å². The van der Waals surface area contributed by atoms with Gasteiger partial charge in [-0.15, -0.1) is 0 Å². The van der Waals surface area contributed by atoms with Crippen LogP contribution in [-0.4, -0.2) is 9.97 Å². The third kappa shape index (κ3) is 3.25. The number of aromatic amines is 1. The van der Waals surface area contributed by atoms with Crippen LogP contribution in [-0.2, 0) is 6.42 Å². The lowest BCUT2D eigenvalue weighted by Crippen LogP contribution is -2.09. The zero-order valence-electron chi connectivity index (χ0n) is 10.8. The van der Waals surface area contributed by atoms with Crippen molar-refractivity contribution in [3.8, 4) is 6.07 Å². The van der Waals surface area contributed by atoms with Crippen molar-refractivity contribution in [1.82, 2.24) is 9.97 Å². The molecule has 4 nitrogen and oxygen atoms in total. The van der Waals surface area contributed by atoms with Crippen molar-refractivity contribution in [2.75, 3.05) is 0 Å². The van der Waals surface area contributed by atoms with E-state index in [1.807, 2.05) is 13.0 Å². The fraction of sp³-hybridized carbons (Fsp3) is 0.214. The van der Waals surface area contributed by atoms with Crippen LogP contribution in [0.4, 0.5) is 4.39 Å². The molecule has 20 heavy (non-hydrogen) atoms. The molecule has 0 aliphatic carbocycles. The lowest BCUT2D eigenvalue weighted by Gasteiger charge is -2.05. The smallest absolute Gasteiger partial charge is 0.251 e. The summed E-state index contributed by atoms with van der Waals surface area (Å²) in [6.07, 6.45) is 1.58. The van der Waals surface area contributed by atoms with Crippen molar-refractivity contribution in [3.63, 3.8) is 0 Å². The van der Waals surface area contributed by atoms with E-state index < -0.39 is 5.82 Å². The standard InChI is InChI=1S/C14H12FN3OS/c1-2-4-9-7-13(19)18-14(17-9)20-12-6-3-5-11(15)10(12)8-16/h3,5-7H,2,4H2,1H3,(H,17,18,19). The number of rotatable bonds is 4. The second-order valence-corrected chi connectivity index (χ2v) is 5.15. The van der Waals surface area contributed by atoms with Crippen molar-refractivity contribution < 1.29 is 4.39 Å². The van der Waals surface area contributed by atoms with E-state index in [1.165, 1.54) is 18.2 Å². The number of nitrogens with zero attached hydrogens (tertiary/aromatic N) is 2. The highest BCUT2D eigenvalue weighted by Crippen LogP contribution is 2.28. The molecule has 2 aromatic rings. The highest BCUT2D eigenvalue weighted by molar-refractivity contribution is 7.99. The first kappa shape index (κ1) is 14.3. The van der Waals surface area contributed by atoms with Crippen LogP contribution in [0.3, 0.4) is 0 Å². The third-order valence-corrected chi connectivity index (χ3v) is 3.52. The Balaban J connectivity index is 2.38. The average molecular weight is 289 g/mol. The molecule has 0 unspecified atom stereocenters. The molecule has 0 spiro atoms. The molecule has 0 amide bonds. The number of hydrogen-bond donors (Lipinski definition) is 1. The molecule has 0 atom stereocenters. The molecule has 0 aliphatic heterocycles. The van der Waals surface area contributed by atoms with Crippen LogP contribution in [0.5, 0.6) is 0 Å². The fourth-order valence-electron chi connectivity index (χ4n) is 1.72. The molecule has 1 heterocycles. The molecular formula is C14H12FN3OS. The predicted molar refractivity (Wildman–Crippen MR) is 74.1 cm³/mol. The first-order valence-electron chi connectivity index (χ1n) is 6.10. The van der Waals surface area contributed by atoms with Crippen molar-refractivity contribution in [2.45, 2.75) is 29.8 Å². The van der Waals surface area contributed by atoms with E-state index in [2.05, 4.69) is 9.97 Å². The fourth-order valence-corrected chi connectivity index (χ4v) is 2.63. The summed E-state index contributed by atoms with van der Waals surface area (Å²) >= 11 is 1.08. The van der Waals surface area contributed by atoms with Gasteiger partial charge in [0.2, 0.25) is 0 Å². The van der Waals surface area contributed by atoms with E-state index in [-0.39, 0.29) is 11.1 Å². The summed E-state index contributed by atoms with van der Waals surface area (Å²) in [5.74, 6) is -0.579. The minimum absolute atomic E-state index is 0.0407. The summed E-state index contributed by atoms with van der Waals surface area (Å²) in [6, 6.07) is 7.64. The Hall–Kier alpha value is -2.13. The lowest BCUT2D eigenvalue weighted by molar-refractivity contribution is 0.619.